The molecule has 1 heterocycles. The summed E-state index contributed by atoms with van der Waals surface area (Å²) in [5, 5.41) is 0. The molecule has 2 aromatic rings. The molecule has 21 heavy (non-hydrogen) atoms. The molecule has 3 nitrogen and oxygen atoms in total. The highest BCUT2D eigenvalue weighted by Gasteiger charge is 2.13. The highest BCUT2D eigenvalue weighted by Crippen LogP contribution is 2.33. The van der Waals surface area contributed by atoms with E-state index >= 15 is 0 Å². The van der Waals surface area contributed by atoms with Crippen LogP contribution in [-0.2, 0) is 0 Å². The van der Waals surface area contributed by atoms with Crippen molar-refractivity contribution in [3.8, 4) is 11.5 Å². The van der Waals surface area contributed by atoms with E-state index in [1.807, 2.05) is 13.8 Å². The van der Waals surface area contributed by atoms with Crippen molar-refractivity contribution in [2.45, 2.75) is 33.7 Å². The first-order chi connectivity index (χ1) is 9.79. The van der Waals surface area contributed by atoms with Crippen LogP contribution in [0.2, 0.25) is 0 Å². The van der Waals surface area contributed by atoms with E-state index in [1.54, 1.807) is 24.6 Å². The minimum absolute atomic E-state index is 0.0309. The maximum Gasteiger partial charge on any atom is 0.252 e. The summed E-state index contributed by atoms with van der Waals surface area (Å²) in [5.74, 6) is 0.843. The molecular formula is C16H17BrFNO2. The quantitative estimate of drug-likeness (QED) is 0.797. The first kappa shape index (κ1) is 15.8. The summed E-state index contributed by atoms with van der Waals surface area (Å²) in [6.45, 7) is 7.43. The van der Waals surface area contributed by atoms with Crippen LogP contribution in [0, 0.1) is 19.7 Å². The molecular weight excluding hydrogens is 337 g/mol. The van der Waals surface area contributed by atoms with Gasteiger partial charge in [0.1, 0.15) is 11.6 Å². The summed E-state index contributed by atoms with van der Waals surface area (Å²) in [6, 6.07) is 4.36. The van der Waals surface area contributed by atoms with Gasteiger partial charge in [-0.1, -0.05) is 0 Å². The number of hydrogen-bond donors (Lipinski definition) is 0. The number of pyridine rings is 1. The van der Waals surface area contributed by atoms with E-state index < -0.39 is 0 Å². The Kier molecular flexibility index (Phi) is 4.52. The van der Waals surface area contributed by atoms with Crippen LogP contribution in [0.1, 0.15) is 31.0 Å². The number of nitrogens with zero attached hydrogens (tertiary/aromatic N) is 1. The van der Waals surface area contributed by atoms with Gasteiger partial charge >= 0.3 is 0 Å². The zero-order valence-corrected chi connectivity index (χ0v) is 14.0. The molecule has 0 spiro atoms. The van der Waals surface area contributed by atoms with Crippen molar-refractivity contribution >= 4 is 15.9 Å². The lowest BCUT2D eigenvalue weighted by molar-refractivity contribution is 0.454. The molecule has 0 saturated heterocycles. The van der Waals surface area contributed by atoms with Gasteiger partial charge in [-0.15, -0.1) is 0 Å². The molecule has 0 N–H and O–H groups in total. The molecule has 0 unspecified atom stereocenters. The number of rotatable bonds is 3. The molecule has 0 radical (unpaired) electrons. The molecule has 0 atom stereocenters. The second-order valence-electron chi connectivity index (χ2n) is 5.30. The standard InChI is InChI=1S/C16H17BrFNO2/c1-9(2)19-8-14(13(17)7-15(19)20)21-16-10(3)5-12(18)6-11(16)4/h5-9H,1-4H3. The molecule has 0 amide bonds. The predicted molar refractivity (Wildman–Crippen MR) is 84.7 cm³/mol. The SMILES string of the molecule is Cc1cc(F)cc(C)c1Oc1cn(C(C)C)c(=O)cc1Br. The molecule has 1 aromatic carbocycles. The van der Waals surface area contributed by atoms with Crippen LogP contribution in [-0.4, -0.2) is 4.57 Å². The average Bonchev–Trinajstić information content (AvgIpc) is 2.35. The molecule has 0 bridgehead atoms. The monoisotopic (exact) mass is 353 g/mol. The normalized spacial score (nSPS) is 11.0. The fourth-order valence-electron chi connectivity index (χ4n) is 2.15. The predicted octanol–water partition coefficient (Wildman–Crippen LogP) is 4.74. The van der Waals surface area contributed by atoms with Gasteiger partial charge < -0.3 is 9.30 Å². The lowest BCUT2D eigenvalue weighted by Gasteiger charge is -2.16. The first-order valence-corrected chi connectivity index (χ1v) is 7.45. The van der Waals surface area contributed by atoms with E-state index in [1.165, 1.54) is 18.2 Å². The minimum Gasteiger partial charge on any atom is -0.454 e. The lowest BCUT2D eigenvalue weighted by atomic mass is 10.1. The zero-order chi connectivity index (χ0) is 15.7. The molecule has 0 aliphatic heterocycles. The third-order valence-corrected chi connectivity index (χ3v) is 3.81. The number of hydrogen-bond acceptors (Lipinski definition) is 2. The van der Waals surface area contributed by atoms with E-state index in [0.29, 0.717) is 27.1 Å². The van der Waals surface area contributed by atoms with Crippen molar-refractivity contribution in [2.75, 3.05) is 0 Å². The van der Waals surface area contributed by atoms with Crippen LogP contribution >= 0.6 is 15.9 Å². The maximum atomic E-state index is 13.3. The third-order valence-electron chi connectivity index (χ3n) is 3.19. The topological polar surface area (TPSA) is 31.2 Å². The number of aromatic nitrogens is 1. The van der Waals surface area contributed by atoms with Gasteiger partial charge in [-0.2, -0.15) is 0 Å². The Morgan fingerprint density at radius 1 is 1.19 bits per heavy atom. The Labute approximate surface area is 131 Å². The van der Waals surface area contributed by atoms with Crippen LogP contribution in [0.5, 0.6) is 11.5 Å². The smallest absolute Gasteiger partial charge is 0.252 e. The van der Waals surface area contributed by atoms with Crippen LogP contribution in [0.4, 0.5) is 4.39 Å². The van der Waals surface area contributed by atoms with Crippen molar-refractivity contribution in [3.05, 3.63) is 56.2 Å². The maximum absolute atomic E-state index is 13.3. The van der Waals surface area contributed by atoms with Crippen LogP contribution < -0.4 is 10.3 Å². The second-order valence-corrected chi connectivity index (χ2v) is 6.15. The Hall–Kier alpha value is -1.62. The molecule has 1 aromatic heterocycles. The van der Waals surface area contributed by atoms with Crippen molar-refractivity contribution in [1.29, 1.82) is 0 Å². The van der Waals surface area contributed by atoms with Gasteiger partial charge in [-0.25, -0.2) is 4.39 Å². The summed E-state index contributed by atoms with van der Waals surface area (Å²) >= 11 is 3.34. The molecule has 2 rings (SSSR count). The van der Waals surface area contributed by atoms with E-state index in [9.17, 15) is 9.18 Å². The van der Waals surface area contributed by atoms with Crippen LogP contribution in [0.15, 0.2) is 33.7 Å². The molecule has 0 saturated carbocycles. The second kappa shape index (κ2) is 6.02. The van der Waals surface area contributed by atoms with Gasteiger partial charge in [0, 0.05) is 12.1 Å². The molecule has 112 valence electrons. The first-order valence-electron chi connectivity index (χ1n) is 6.66. The summed E-state index contributed by atoms with van der Waals surface area (Å²) in [5.41, 5.74) is 1.32. The van der Waals surface area contributed by atoms with Crippen LogP contribution in [0.3, 0.4) is 0 Å². The van der Waals surface area contributed by atoms with E-state index in [0.717, 1.165) is 0 Å². The number of benzene rings is 1. The summed E-state index contributed by atoms with van der Waals surface area (Å²) < 4.78 is 21.4. The van der Waals surface area contributed by atoms with Crippen LogP contribution in [0.25, 0.3) is 0 Å². The summed E-state index contributed by atoms with van der Waals surface area (Å²) in [6.07, 6.45) is 1.67. The fraction of sp³-hybridized carbons (Fsp3) is 0.312. The highest BCUT2D eigenvalue weighted by molar-refractivity contribution is 9.10. The number of ether oxygens (including phenoxy) is 1. The van der Waals surface area contributed by atoms with Gasteiger partial charge in [-0.3, -0.25) is 4.79 Å². The van der Waals surface area contributed by atoms with Gasteiger partial charge in [0.05, 0.1) is 10.7 Å². The Balaban J connectivity index is 2.50. The van der Waals surface area contributed by atoms with Gasteiger partial charge in [0.2, 0.25) is 0 Å². The Morgan fingerprint density at radius 3 is 2.29 bits per heavy atom. The van der Waals surface area contributed by atoms with E-state index in [4.69, 9.17) is 4.74 Å². The third kappa shape index (κ3) is 3.35. The summed E-state index contributed by atoms with van der Waals surface area (Å²) in [7, 11) is 0. The largest absolute Gasteiger partial charge is 0.454 e. The van der Waals surface area contributed by atoms with Gasteiger partial charge in [-0.05, 0) is 66.9 Å². The molecule has 5 heteroatoms. The van der Waals surface area contributed by atoms with Crippen molar-refractivity contribution in [1.82, 2.24) is 4.57 Å². The van der Waals surface area contributed by atoms with Gasteiger partial charge in [0.25, 0.3) is 5.56 Å². The summed E-state index contributed by atoms with van der Waals surface area (Å²) in [4.78, 5) is 11.9. The molecule has 0 fully saturated rings. The Bertz CT molecular complexity index is 715. The van der Waals surface area contributed by atoms with E-state index in [-0.39, 0.29) is 17.4 Å². The highest BCUT2D eigenvalue weighted by atomic mass is 79.9. The molecule has 0 aliphatic rings. The van der Waals surface area contributed by atoms with Crippen molar-refractivity contribution in [3.63, 3.8) is 0 Å². The lowest BCUT2D eigenvalue weighted by Crippen LogP contribution is -2.20. The fourth-order valence-corrected chi connectivity index (χ4v) is 2.53. The van der Waals surface area contributed by atoms with Crippen molar-refractivity contribution < 1.29 is 9.13 Å². The average molecular weight is 354 g/mol. The number of aryl methyl sites for hydroxylation is 2. The Morgan fingerprint density at radius 2 is 1.76 bits per heavy atom. The van der Waals surface area contributed by atoms with E-state index in [2.05, 4.69) is 15.9 Å². The minimum atomic E-state index is -0.288. The molecule has 0 aliphatic carbocycles. The zero-order valence-electron chi connectivity index (χ0n) is 12.4. The number of halogens is 2. The van der Waals surface area contributed by atoms with Gasteiger partial charge in [0.15, 0.2) is 5.75 Å². The van der Waals surface area contributed by atoms with Crippen molar-refractivity contribution in [2.24, 2.45) is 0 Å².